The number of esters is 1. The number of fused-ring (bicyclic) bond motifs is 5. The summed E-state index contributed by atoms with van der Waals surface area (Å²) in [5.41, 5.74) is -5.91. The topological polar surface area (TPSA) is 177 Å². The molecular formula is C38H56O11. The molecule has 0 aromatic heterocycles. The van der Waals surface area contributed by atoms with E-state index in [9.17, 15) is 39.6 Å². The first-order valence-corrected chi connectivity index (χ1v) is 17.6. The van der Waals surface area contributed by atoms with Crippen LogP contribution in [0.2, 0.25) is 0 Å². The van der Waals surface area contributed by atoms with Crippen LogP contribution in [0.4, 0.5) is 0 Å². The highest BCUT2D eigenvalue weighted by Gasteiger charge is 2.75. The molecule has 4 N–H and O–H groups in total. The quantitative estimate of drug-likeness (QED) is 0.175. The fourth-order valence-electron chi connectivity index (χ4n) is 10.7. The van der Waals surface area contributed by atoms with Crippen LogP contribution in [-0.2, 0) is 33.4 Å². The maximum absolute atomic E-state index is 14.8. The van der Waals surface area contributed by atoms with Gasteiger partial charge >= 0.3 is 5.97 Å². The van der Waals surface area contributed by atoms with Gasteiger partial charge in [0.15, 0.2) is 11.6 Å². The minimum Gasteiger partial charge on any atom is -0.449 e. The Bertz CT molecular complexity index is 1450. The Kier molecular flexibility index (Phi) is 9.42. The number of hydrogen-bond acceptors (Lipinski definition) is 11. The van der Waals surface area contributed by atoms with E-state index in [1.54, 1.807) is 6.92 Å². The predicted octanol–water partition coefficient (Wildman–Crippen LogP) is 3.38. The zero-order valence-electron chi connectivity index (χ0n) is 30.6. The zero-order chi connectivity index (χ0) is 36.9. The summed E-state index contributed by atoms with van der Waals surface area (Å²) in [6.45, 7) is 17.1. The molecule has 3 saturated carbocycles. The van der Waals surface area contributed by atoms with Gasteiger partial charge in [-0.25, -0.2) is 0 Å². The molecule has 4 fully saturated rings. The summed E-state index contributed by atoms with van der Waals surface area (Å²) in [7, 11) is 0. The molecule has 0 aromatic rings. The number of Topliss-reactive ketones (excluding diaryl/α,β-unsaturated/α-hetero) is 2. The molecule has 5 rings (SSSR count). The van der Waals surface area contributed by atoms with Gasteiger partial charge in [-0.05, 0) is 75.7 Å². The number of carbonyl (C=O) groups is 4. The Balaban J connectivity index is 1.64. The summed E-state index contributed by atoms with van der Waals surface area (Å²) < 4.78 is 18.1. The van der Waals surface area contributed by atoms with E-state index in [0.29, 0.717) is 6.42 Å². The lowest BCUT2D eigenvalue weighted by Crippen LogP contribution is -2.65. The molecule has 11 nitrogen and oxygen atoms in total. The first kappa shape index (κ1) is 38.0. The van der Waals surface area contributed by atoms with E-state index in [0.717, 1.165) is 11.6 Å². The Hall–Kier alpha value is -2.28. The van der Waals surface area contributed by atoms with Gasteiger partial charge in [0.2, 0.25) is 12.4 Å². The Morgan fingerprint density at radius 2 is 1.67 bits per heavy atom. The maximum atomic E-state index is 14.8. The molecule has 11 heteroatoms. The first-order valence-electron chi connectivity index (χ1n) is 17.6. The largest absolute Gasteiger partial charge is 0.449 e. The summed E-state index contributed by atoms with van der Waals surface area (Å²) in [5.74, 6) is -3.42. The SMILES string of the molecule is CC(=O)O[C@H]1C(=O)C[C@H](C)O[C@H]1O[C@@H]1C[C@@]2(C)[C@@H]3CC=C4[C@@H](C[C@H](O)[C@@H](O)C4(C)C)[C@]3(C)C(=O)C[C@]2(C)[C@H]1[C@@](C)(O)C(=O)/C=C/C(C)(C)O. The first-order chi connectivity index (χ1) is 22.3. The fourth-order valence-corrected chi connectivity index (χ4v) is 10.7. The second-order valence-corrected chi connectivity index (χ2v) is 17.6. The number of hydrogen-bond donors (Lipinski definition) is 4. The summed E-state index contributed by atoms with van der Waals surface area (Å²) >= 11 is 0. The molecule has 1 aliphatic heterocycles. The average molecular weight is 689 g/mol. The smallest absolute Gasteiger partial charge is 0.303 e. The normalized spacial score (nSPS) is 44.8. The Labute approximate surface area is 289 Å². The van der Waals surface area contributed by atoms with Crippen molar-refractivity contribution in [1.82, 2.24) is 0 Å². The van der Waals surface area contributed by atoms with Gasteiger partial charge in [0.25, 0.3) is 0 Å². The van der Waals surface area contributed by atoms with Crippen LogP contribution in [0.1, 0.15) is 101 Å². The summed E-state index contributed by atoms with van der Waals surface area (Å²) in [5, 5.41) is 44.7. The molecule has 13 atom stereocenters. The summed E-state index contributed by atoms with van der Waals surface area (Å²) in [4.78, 5) is 53.9. The van der Waals surface area contributed by atoms with Gasteiger partial charge in [-0.15, -0.1) is 0 Å². The van der Waals surface area contributed by atoms with E-state index >= 15 is 0 Å². The fraction of sp³-hybridized carbons (Fsp3) is 0.789. The van der Waals surface area contributed by atoms with Gasteiger partial charge in [0.05, 0.1) is 30.0 Å². The third kappa shape index (κ3) is 5.90. The van der Waals surface area contributed by atoms with Crippen LogP contribution in [0.5, 0.6) is 0 Å². The lowest BCUT2D eigenvalue weighted by molar-refractivity contribution is -0.261. The Morgan fingerprint density at radius 3 is 2.27 bits per heavy atom. The molecular weight excluding hydrogens is 632 g/mol. The van der Waals surface area contributed by atoms with Crippen molar-refractivity contribution in [2.24, 2.45) is 39.4 Å². The van der Waals surface area contributed by atoms with Crippen molar-refractivity contribution in [2.75, 3.05) is 0 Å². The molecule has 0 aromatic carbocycles. The van der Waals surface area contributed by atoms with Gasteiger partial charge in [0.1, 0.15) is 11.4 Å². The van der Waals surface area contributed by atoms with E-state index < -0.39 is 87.3 Å². The maximum Gasteiger partial charge on any atom is 0.303 e. The summed E-state index contributed by atoms with van der Waals surface area (Å²) in [6, 6.07) is 0. The van der Waals surface area contributed by atoms with E-state index in [1.165, 1.54) is 33.8 Å². The van der Waals surface area contributed by atoms with Crippen LogP contribution >= 0.6 is 0 Å². The second-order valence-electron chi connectivity index (χ2n) is 17.6. The highest BCUT2D eigenvalue weighted by atomic mass is 16.7. The van der Waals surface area contributed by atoms with Crippen molar-refractivity contribution in [3.05, 3.63) is 23.8 Å². The lowest BCUT2D eigenvalue weighted by Gasteiger charge is -2.65. The van der Waals surface area contributed by atoms with Crippen LogP contribution in [0.15, 0.2) is 23.8 Å². The van der Waals surface area contributed by atoms with Crippen molar-refractivity contribution in [1.29, 1.82) is 0 Å². The van der Waals surface area contributed by atoms with Crippen LogP contribution in [-0.4, -0.2) is 91.8 Å². The van der Waals surface area contributed by atoms with Crippen LogP contribution in [0, 0.1) is 39.4 Å². The molecule has 0 radical (unpaired) electrons. The van der Waals surface area contributed by atoms with Crippen molar-refractivity contribution < 1.29 is 53.8 Å². The van der Waals surface area contributed by atoms with Crippen molar-refractivity contribution in [2.45, 2.75) is 149 Å². The zero-order valence-corrected chi connectivity index (χ0v) is 30.6. The molecule has 274 valence electrons. The molecule has 0 amide bonds. The third-order valence-electron chi connectivity index (χ3n) is 13.4. The van der Waals surface area contributed by atoms with Crippen molar-refractivity contribution in [3.8, 4) is 0 Å². The van der Waals surface area contributed by atoms with Crippen LogP contribution in [0.25, 0.3) is 0 Å². The van der Waals surface area contributed by atoms with E-state index in [-0.39, 0.29) is 49.1 Å². The molecule has 4 aliphatic carbocycles. The number of aliphatic hydroxyl groups excluding tert-OH is 2. The molecule has 1 heterocycles. The molecule has 0 spiro atoms. The van der Waals surface area contributed by atoms with Crippen LogP contribution in [0.3, 0.4) is 0 Å². The number of allylic oxidation sites excluding steroid dienone is 1. The highest BCUT2D eigenvalue weighted by Crippen LogP contribution is 2.74. The number of rotatable bonds is 7. The Morgan fingerprint density at radius 1 is 1.04 bits per heavy atom. The third-order valence-corrected chi connectivity index (χ3v) is 13.4. The van der Waals surface area contributed by atoms with Crippen molar-refractivity contribution in [3.63, 3.8) is 0 Å². The molecule has 5 aliphatic rings. The number of ketones is 3. The lowest BCUT2D eigenvalue weighted by atomic mass is 9.38. The van der Waals surface area contributed by atoms with Crippen LogP contribution < -0.4 is 0 Å². The van der Waals surface area contributed by atoms with E-state index in [4.69, 9.17) is 14.2 Å². The monoisotopic (exact) mass is 688 g/mol. The average Bonchev–Trinajstić information content (AvgIpc) is 3.18. The van der Waals surface area contributed by atoms with Gasteiger partial charge in [-0.3, -0.25) is 19.2 Å². The van der Waals surface area contributed by atoms with E-state index in [1.807, 2.05) is 27.7 Å². The van der Waals surface area contributed by atoms with Crippen molar-refractivity contribution >= 4 is 23.3 Å². The minimum absolute atomic E-state index is 0.00322. The standard InChI is InChI=1S/C38H56O11/c1-19-15-23(40)29(48-20(2)39)32(47-19)49-25-17-35(7)26-12-11-21-22(16-24(41)31(44)34(21,5)6)37(26,9)28(43)18-36(35,8)30(25)38(10,46)27(42)13-14-33(3,4)45/h11,13-14,19,22,24-26,29-32,41,44-46H,12,15-18H2,1-10H3/b14-13+/t19-,22+,24-,25+,26-,29-,30-,31+,32-,35-,36+,37-,38-/m0/s1. The van der Waals surface area contributed by atoms with Gasteiger partial charge in [-0.1, -0.05) is 52.3 Å². The molecule has 49 heavy (non-hydrogen) atoms. The molecule has 1 saturated heterocycles. The van der Waals surface area contributed by atoms with Gasteiger partial charge < -0.3 is 34.6 Å². The predicted molar refractivity (Wildman–Crippen MR) is 178 cm³/mol. The molecule has 0 bridgehead atoms. The minimum atomic E-state index is -2.10. The van der Waals surface area contributed by atoms with Gasteiger partial charge in [0, 0.05) is 36.5 Å². The number of aliphatic hydroxyl groups is 4. The van der Waals surface area contributed by atoms with Gasteiger partial charge in [-0.2, -0.15) is 0 Å². The number of carbonyl (C=O) groups excluding carboxylic acids is 4. The number of ether oxygens (including phenoxy) is 3. The second kappa shape index (κ2) is 12.2. The molecule has 0 unspecified atom stereocenters. The highest BCUT2D eigenvalue weighted by molar-refractivity contribution is 5.97. The summed E-state index contributed by atoms with van der Waals surface area (Å²) in [6.07, 6.45) is -0.558. The van der Waals surface area contributed by atoms with E-state index in [2.05, 4.69) is 13.0 Å².